The molecule has 0 aliphatic heterocycles. The molecule has 1 aromatic carbocycles. The van der Waals surface area contributed by atoms with Crippen molar-refractivity contribution in [1.29, 1.82) is 0 Å². The van der Waals surface area contributed by atoms with E-state index in [9.17, 15) is 0 Å². The molecular weight excluding hydrogens is 244 g/mol. The van der Waals surface area contributed by atoms with Crippen LogP contribution in [0.15, 0.2) is 24.3 Å². The molecule has 0 amide bonds. The van der Waals surface area contributed by atoms with Crippen molar-refractivity contribution in [2.75, 3.05) is 20.6 Å². The van der Waals surface area contributed by atoms with Gasteiger partial charge in [-0.2, -0.15) is 0 Å². The van der Waals surface area contributed by atoms with Gasteiger partial charge < -0.3 is 10.2 Å². The molecule has 102 valence electrons. The van der Waals surface area contributed by atoms with Crippen molar-refractivity contribution < 1.29 is 0 Å². The molecule has 0 bridgehead atoms. The molecule has 1 N–H and O–H groups in total. The van der Waals surface area contributed by atoms with Crippen LogP contribution in [0.2, 0.25) is 5.02 Å². The van der Waals surface area contributed by atoms with Gasteiger partial charge in [-0.05, 0) is 38.6 Å². The van der Waals surface area contributed by atoms with Crippen molar-refractivity contribution in [2.45, 2.75) is 32.9 Å². The van der Waals surface area contributed by atoms with Crippen molar-refractivity contribution in [3.05, 3.63) is 34.9 Å². The summed E-state index contributed by atoms with van der Waals surface area (Å²) in [4.78, 5) is 2.27. The molecule has 18 heavy (non-hydrogen) atoms. The average molecular weight is 269 g/mol. The first-order valence-electron chi connectivity index (χ1n) is 6.57. The van der Waals surface area contributed by atoms with Crippen LogP contribution in [-0.2, 0) is 0 Å². The van der Waals surface area contributed by atoms with E-state index in [0.717, 1.165) is 11.6 Å². The van der Waals surface area contributed by atoms with Crippen LogP contribution in [-0.4, -0.2) is 31.6 Å². The van der Waals surface area contributed by atoms with Crippen molar-refractivity contribution in [2.24, 2.45) is 5.92 Å². The van der Waals surface area contributed by atoms with E-state index in [0.29, 0.717) is 12.0 Å². The van der Waals surface area contributed by atoms with Crippen molar-refractivity contribution >= 4 is 11.6 Å². The first kappa shape index (κ1) is 15.5. The molecule has 0 fully saturated rings. The standard InChI is InChI=1S/C15H25ClN2/c1-11(2)15(18(4)5)10-17-12(3)13-8-6-7-9-14(13)16/h6-9,11-12,15,17H,10H2,1-5H3. The molecule has 0 saturated carbocycles. The minimum Gasteiger partial charge on any atom is -0.309 e. The Hall–Kier alpha value is -0.570. The second-order valence-corrected chi connectivity index (χ2v) is 5.83. The minimum atomic E-state index is 0.278. The third-order valence-corrected chi connectivity index (χ3v) is 3.78. The summed E-state index contributed by atoms with van der Waals surface area (Å²) in [7, 11) is 4.26. The predicted molar refractivity (Wildman–Crippen MR) is 80.2 cm³/mol. The quantitative estimate of drug-likeness (QED) is 0.848. The second-order valence-electron chi connectivity index (χ2n) is 5.43. The van der Waals surface area contributed by atoms with Crippen molar-refractivity contribution in [1.82, 2.24) is 10.2 Å². The van der Waals surface area contributed by atoms with Crippen LogP contribution in [0.1, 0.15) is 32.4 Å². The van der Waals surface area contributed by atoms with E-state index < -0.39 is 0 Å². The number of rotatable bonds is 6. The molecule has 1 rings (SSSR count). The number of nitrogens with one attached hydrogen (secondary N) is 1. The van der Waals surface area contributed by atoms with Crippen LogP contribution in [0.25, 0.3) is 0 Å². The van der Waals surface area contributed by atoms with Gasteiger partial charge in [-0.25, -0.2) is 0 Å². The smallest absolute Gasteiger partial charge is 0.0453 e. The number of nitrogens with zero attached hydrogens (tertiary/aromatic N) is 1. The predicted octanol–water partition coefficient (Wildman–Crippen LogP) is 3.58. The van der Waals surface area contributed by atoms with Crippen LogP contribution in [0.5, 0.6) is 0 Å². The van der Waals surface area contributed by atoms with E-state index in [-0.39, 0.29) is 6.04 Å². The second kappa shape index (κ2) is 7.13. The van der Waals surface area contributed by atoms with Crippen molar-refractivity contribution in [3.63, 3.8) is 0 Å². The normalized spacial score (nSPS) is 15.1. The highest BCUT2D eigenvalue weighted by Gasteiger charge is 2.17. The topological polar surface area (TPSA) is 15.3 Å². The van der Waals surface area contributed by atoms with Gasteiger partial charge in [0, 0.05) is 23.7 Å². The summed E-state index contributed by atoms with van der Waals surface area (Å²) in [5.41, 5.74) is 1.17. The van der Waals surface area contributed by atoms with E-state index in [4.69, 9.17) is 11.6 Å². The maximum atomic E-state index is 6.21. The van der Waals surface area contributed by atoms with Gasteiger partial charge in [0.1, 0.15) is 0 Å². The third-order valence-electron chi connectivity index (χ3n) is 3.44. The van der Waals surface area contributed by atoms with Gasteiger partial charge >= 0.3 is 0 Å². The molecule has 2 atom stereocenters. The lowest BCUT2D eigenvalue weighted by atomic mass is 10.0. The SMILES string of the molecule is CC(NCC(C(C)C)N(C)C)c1ccccc1Cl. The Morgan fingerprint density at radius 1 is 1.17 bits per heavy atom. The number of benzene rings is 1. The van der Waals surface area contributed by atoms with Crippen LogP contribution < -0.4 is 5.32 Å². The molecule has 2 unspecified atom stereocenters. The molecule has 0 aliphatic carbocycles. The van der Waals surface area contributed by atoms with E-state index in [1.165, 1.54) is 5.56 Å². The number of halogens is 1. The van der Waals surface area contributed by atoms with Gasteiger partial charge in [0.05, 0.1) is 0 Å². The Morgan fingerprint density at radius 3 is 2.28 bits per heavy atom. The highest BCUT2D eigenvalue weighted by molar-refractivity contribution is 6.31. The molecule has 0 aromatic heterocycles. The Bertz CT molecular complexity index is 355. The number of hydrogen-bond donors (Lipinski definition) is 1. The van der Waals surface area contributed by atoms with Crippen LogP contribution in [0.4, 0.5) is 0 Å². The maximum absolute atomic E-state index is 6.21. The van der Waals surface area contributed by atoms with Crippen LogP contribution in [0.3, 0.4) is 0 Å². The summed E-state index contributed by atoms with van der Waals surface area (Å²) >= 11 is 6.21. The Labute approximate surface area is 116 Å². The monoisotopic (exact) mass is 268 g/mol. The molecule has 0 radical (unpaired) electrons. The fourth-order valence-corrected chi connectivity index (χ4v) is 2.55. The minimum absolute atomic E-state index is 0.278. The van der Waals surface area contributed by atoms with Gasteiger partial charge in [-0.3, -0.25) is 0 Å². The van der Waals surface area contributed by atoms with E-state index >= 15 is 0 Å². The highest BCUT2D eigenvalue weighted by atomic mass is 35.5. The molecular formula is C15H25ClN2. The fraction of sp³-hybridized carbons (Fsp3) is 0.600. The van der Waals surface area contributed by atoms with Gasteiger partial charge in [-0.15, -0.1) is 0 Å². The van der Waals surface area contributed by atoms with E-state index in [1.807, 2.05) is 18.2 Å². The van der Waals surface area contributed by atoms with Crippen LogP contribution in [0, 0.1) is 5.92 Å². The third kappa shape index (κ3) is 4.27. The van der Waals surface area contributed by atoms with E-state index in [1.54, 1.807) is 0 Å². The molecule has 0 aliphatic rings. The Kier molecular flexibility index (Phi) is 6.13. The summed E-state index contributed by atoms with van der Waals surface area (Å²) in [6.07, 6.45) is 0. The zero-order valence-corrected chi connectivity index (χ0v) is 12.8. The van der Waals surface area contributed by atoms with Gasteiger partial charge in [0.2, 0.25) is 0 Å². The fourth-order valence-electron chi connectivity index (χ4n) is 2.25. The summed E-state index contributed by atoms with van der Waals surface area (Å²) in [5, 5.41) is 4.41. The lowest BCUT2D eigenvalue weighted by Gasteiger charge is -2.29. The van der Waals surface area contributed by atoms with Gasteiger partial charge in [-0.1, -0.05) is 43.6 Å². The molecule has 3 heteroatoms. The molecule has 0 heterocycles. The van der Waals surface area contributed by atoms with Gasteiger partial charge in [0.25, 0.3) is 0 Å². The Balaban J connectivity index is 2.60. The summed E-state index contributed by atoms with van der Waals surface area (Å²) in [6.45, 7) is 7.64. The summed E-state index contributed by atoms with van der Waals surface area (Å²) in [6, 6.07) is 8.84. The highest BCUT2D eigenvalue weighted by Crippen LogP contribution is 2.22. The summed E-state index contributed by atoms with van der Waals surface area (Å²) in [5.74, 6) is 0.631. The average Bonchev–Trinajstić information content (AvgIpc) is 2.28. The largest absolute Gasteiger partial charge is 0.309 e. The molecule has 2 nitrogen and oxygen atoms in total. The molecule has 0 spiro atoms. The lowest BCUT2D eigenvalue weighted by Crippen LogP contribution is -2.42. The number of hydrogen-bond acceptors (Lipinski definition) is 2. The number of likely N-dealkylation sites (N-methyl/N-ethyl adjacent to an activating group) is 1. The molecule has 0 saturated heterocycles. The molecule has 1 aromatic rings. The Morgan fingerprint density at radius 2 is 1.78 bits per heavy atom. The van der Waals surface area contributed by atoms with Gasteiger partial charge in [0.15, 0.2) is 0 Å². The summed E-state index contributed by atoms with van der Waals surface area (Å²) < 4.78 is 0. The zero-order chi connectivity index (χ0) is 13.7. The van der Waals surface area contributed by atoms with E-state index in [2.05, 4.69) is 51.1 Å². The maximum Gasteiger partial charge on any atom is 0.0453 e. The van der Waals surface area contributed by atoms with Crippen LogP contribution >= 0.6 is 11.6 Å². The zero-order valence-electron chi connectivity index (χ0n) is 12.1. The van der Waals surface area contributed by atoms with Crippen molar-refractivity contribution in [3.8, 4) is 0 Å². The first-order chi connectivity index (χ1) is 8.43. The first-order valence-corrected chi connectivity index (χ1v) is 6.95. The lowest BCUT2D eigenvalue weighted by molar-refractivity contribution is 0.220.